The summed E-state index contributed by atoms with van der Waals surface area (Å²) >= 11 is 6.17. The van der Waals surface area contributed by atoms with Gasteiger partial charge in [0.05, 0.1) is 12.1 Å². The normalized spacial score (nSPS) is 23.1. The molecule has 1 saturated heterocycles. The Bertz CT molecular complexity index is 1120. The maximum Gasteiger partial charge on any atom is 0.220 e. The number of rotatable bonds is 6. The van der Waals surface area contributed by atoms with Crippen LogP contribution in [0.1, 0.15) is 47.6 Å². The molecule has 3 N–H and O–H groups in total. The lowest BCUT2D eigenvalue weighted by Gasteiger charge is -2.37. The molecule has 0 bridgehead atoms. The summed E-state index contributed by atoms with van der Waals surface area (Å²) in [5.74, 6) is 0.875. The van der Waals surface area contributed by atoms with Crippen LogP contribution in [-0.4, -0.2) is 33.9 Å². The van der Waals surface area contributed by atoms with Crippen molar-refractivity contribution in [2.24, 2.45) is 5.10 Å². The number of amidine groups is 1. The van der Waals surface area contributed by atoms with Gasteiger partial charge in [0, 0.05) is 36.8 Å². The first kappa shape index (κ1) is 21.8. The van der Waals surface area contributed by atoms with Crippen molar-refractivity contribution < 1.29 is 4.79 Å². The Hall–Kier alpha value is -3.03. The largest absolute Gasteiger partial charge is 0.352 e. The number of fused-ring (bicyclic) bond motifs is 3. The fourth-order valence-electron chi connectivity index (χ4n) is 4.80. The number of carbonyl (C=O) groups excluding carboxylic acids is 1. The second-order valence-corrected chi connectivity index (χ2v) is 9.33. The summed E-state index contributed by atoms with van der Waals surface area (Å²) in [6, 6.07) is 14.7. The van der Waals surface area contributed by atoms with Gasteiger partial charge in [0.2, 0.25) is 5.91 Å². The Morgan fingerprint density at radius 2 is 2.06 bits per heavy atom. The number of hydrazone groups is 1. The smallest absolute Gasteiger partial charge is 0.220 e. The standard InChI is InChI=1S/C25H29ClN6O/c1-16-7-8-17(2)19(13-16)21-14-22-25-29-28-23(31(25)11-12-32(22)30-21)9-10-24(33)27-15-18-5-3-4-6-20(18)26/h3-8,11-13,21-22,25,29-30H,9-10,14-15H2,1-2H3,(H,27,33). The highest BCUT2D eigenvalue weighted by Crippen LogP contribution is 2.35. The van der Waals surface area contributed by atoms with Crippen LogP contribution in [0.2, 0.25) is 5.02 Å². The van der Waals surface area contributed by atoms with Crippen LogP contribution in [-0.2, 0) is 11.3 Å². The van der Waals surface area contributed by atoms with Crippen LogP contribution in [0.5, 0.6) is 0 Å². The highest BCUT2D eigenvalue weighted by atomic mass is 35.5. The first-order valence-electron chi connectivity index (χ1n) is 11.4. The number of nitrogens with zero attached hydrogens (tertiary/aromatic N) is 3. The second kappa shape index (κ2) is 9.08. The fourth-order valence-corrected chi connectivity index (χ4v) is 5.00. The Labute approximate surface area is 199 Å². The molecule has 1 fully saturated rings. The van der Waals surface area contributed by atoms with Gasteiger partial charge in [0.15, 0.2) is 0 Å². The quantitative estimate of drug-likeness (QED) is 0.608. The van der Waals surface area contributed by atoms with E-state index in [1.54, 1.807) is 0 Å². The van der Waals surface area contributed by atoms with Gasteiger partial charge in [0.25, 0.3) is 0 Å². The van der Waals surface area contributed by atoms with Gasteiger partial charge in [-0.25, -0.2) is 5.43 Å². The Balaban J connectivity index is 1.17. The lowest BCUT2D eigenvalue weighted by atomic mass is 9.95. The molecule has 3 heterocycles. The van der Waals surface area contributed by atoms with Crippen LogP contribution in [0.3, 0.4) is 0 Å². The predicted molar refractivity (Wildman–Crippen MR) is 130 cm³/mol. The van der Waals surface area contributed by atoms with Crippen molar-refractivity contribution in [1.82, 2.24) is 26.1 Å². The summed E-state index contributed by atoms with van der Waals surface area (Å²) in [6.45, 7) is 4.73. The zero-order valence-electron chi connectivity index (χ0n) is 18.9. The molecular weight excluding hydrogens is 436 g/mol. The molecule has 3 aliphatic heterocycles. The van der Waals surface area contributed by atoms with Gasteiger partial charge < -0.3 is 15.2 Å². The predicted octanol–water partition coefficient (Wildman–Crippen LogP) is 3.70. The first-order valence-corrected chi connectivity index (χ1v) is 11.8. The average molecular weight is 465 g/mol. The molecule has 2 aromatic rings. The number of hydrogen-bond acceptors (Lipinski definition) is 6. The van der Waals surface area contributed by atoms with Gasteiger partial charge in [-0.15, -0.1) is 0 Å². The third-order valence-electron chi connectivity index (χ3n) is 6.64. The molecule has 2 aromatic carbocycles. The highest BCUT2D eigenvalue weighted by Gasteiger charge is 2.44. The lowest BCUT2D eigenvalue weighted by molar-refractivity contribution is -0.121. The van der Waals surface area contributed by atoms with E-state index in [0.717, 1.165) is 17.8 Å². The van der Waals surface area contributed by atoms with Gasteiger partial charge in [0.1, 0.15) is 12.0 Å². The summed E-state index contributed by atoms with van der Waals surface area (Å²) in [4.78, 5) is 14.6. The summed E-state index contributed by atoms with van der Waals surface area (Å²) in [5.41, 5.74) is 11.8. The van der Waals surface area contributed by atoms with E-state index in [1.807, 2.05) is 30.5 Å². The molecule has 5 rings (SSSR count). The Morgan fingerprint density at radius 3 is 2.91 bits per heavy atom. The van der Waals surface area contributed by atoms with Gasteiger partial charge in [-0.2, -0.15) is 5.10 Å². The minimum Gasteiger partial charge on any atom is -0.352 e. The fraction of sp³-hybridized carbons (Fsp3) is 0.360. The number of amides is 1. The molecule has 0 spiro atoms. The average Bonchev–Trinajstić information content (AvgIpc) is 3.42. The third-order valence-corrected chi connectivity index (χ3v) is 7.00. The van der Waals surface area contributed by atoms with Crippen molar-refractivity contribution in [3.05, 3.63) is 82.1 Å². The summed E-state index contributed by atoms with van der Waals surface area (Å²) in [7, 11) is 0. The molecule has 3 aliphatic rings. The first-order chi connectivity index (χ1) is 16.0. The van der Waals surface area contributed by atoms with Gasteiger partial charge >= 0.3 is 0 Å². The van der Waals surface area contributed by atoms with E-state index in [-0.39, 0.29) is 24.2 Å². The van der Waals surface area contributed by atoms with E-state index in [0.29, 0.717) is 24.4 Å². The van der Waals surface area contributed by atoms with Gasteiger partial charge in [-0.3, -0.25) is 10.2 Å². The molecule has 1 amide bonds. The topological polar surface area (TPSA) is 72.0 Å². The van der Waals surface area contributed by atoms with Crippen LogP contribution in [0.25, 0.3) is 0 Å². The van der Waals surface area contributed by atoms with Gasteiger partial charge in [-0.1, -0.05) is 53.6 Å². The van der Waals surface area contributed by atoms with Gasteiger partial charge in [-0.05, 0) is 43.0 Å². The van der Waals surface area contributed by atoms with E-state index in [4.69, 9.17) is 11.6 Å². The summed E-state index contributed by atoms with van der Waals surface area (Å²) in [5, 5.41) is 10.4. The molecule has 33 heavy (non-hydrogen) atoms. The van der Waals surface area contributed by atoms with Crippen molar-refractivity contribution in [3.63, 3.8) is 0 Å². The van der Waals surface area contributed by atoms with Crippen molar-refractivity contribution >= 4 is 23.3 Å². The molecule has 3 unspecified atom stereocenters. The number of carbonyl (C=O) groups is 1. The van der Waals surface area contributed by atoms with Crippen molar-refractivity contribution in [2.75, 3.05) is 0 Å². The summed E-state index contributed by atoms with van der Waals surface area (Å²) in [6.07, 6.45) is 6.09. The second-order valence-electron chi connectivity index (χ2n) is 8.93. The van der Waals surface area contributed by atoms with Crippen molar-refractivity contribution in [3.8, 4) is 0 Å². The minimum absolute atomic E-state index is 0.0128. The molecule has 0 radical (unpaired) electrons. The van der Waals surface area contributed by atoms with Crippen molar-refractivity contribution in [2.45, 2.75) is 57.9 Å². The molecule has 0 saturated carbocycles. The lowest BCUT2D eigenvalue weighted by Crippen LogP contribution is -2.54. The minimum atomic E-state index is -0.0128. The van der Waals surface area contributed by atoms with E-state index in [9.17, 15) is 4.79 Å². The Kier molecular flexibility index (Phi) is 6.00. The van der Waals surface area contributed by atoms with E-state index >= 15 is 0 Å². The molecule has 0 aromatic heterocycles. The van der Waals surface area contributed by atoms with E-state index < -0.39 is 0 Å². The maximum atomic E-state index is 12.4. The van der Waals surface area contributed by atoms with Crippen LogP contribution in [0.15, 0.2) is 60.0 Å². The molecule has 7 nitrogen and oxygen atoms in total. The molecular formula is C25H29ClN6O. The van der Waals surface area contributed by atoms with Crippen LogP contribution in [0, 0.1) is 13.8 Å². The van der Waals surface area contributed by atoms with E-state index in [1.165, 1.54) is 16.7 Å². The number of nitrogens with one attached hydrogen (secondary N) is 3. The molecule has 3 atom stereocenters. The SMILES string of the molecule is Cc1ccc(C)c(C2CC3C4NN=C(CCC(=O)NCc5ccccc5Cl)N4C=CN3N2)c1. The number of hydrazine groups is 1. The molecule has 172 valence electrons. The maximum absolute atomic E-state index is 12.4. The zero-order chi connectivity index (χ0) is 22.9. The number of aryl methyl sites for hydroxylation is 2. The number of halogens is 1. The zero-order valence-corrected chi connectivity index (χ0v) is 19.6. The molecule has 0 aliphatic carbocycles. The highest BCUT2D eigenvalue weighted by molar-refractivity contribution is 6.31. The van der Waals surface area contributed by atoms with E-state index in [2.05, 4.69) is 69.4 Å². The van der Waals surface area contributed by atoms with Crippen LogP contribution in [0.4, 0.5) is 0 Å². The third kappa shape index (κ3) is 4.43. The van der Waals surface area contributed by atoms with Crippen molar-refractivity contribution in [1.29, 1.82) is 0 Å². The Morgan fingerprint density at radius 1 is 1.21 bits per heavy atom. The van der Waals surface area contributed by atoms with Crippen LogP contribution < -0.4 is 16.2 Å². The number of hydrogen-bond donors (Lipinski definition) is 3. The van der Waals surface area contributed by atoms with Crippen LogP contribution >= 0.6 is 11.6 Å². The molecule has 8 heteroatoms. The summed E-state index contributed by atoms with van der Waals surface area (Å²) < 4.78 is 0. The number of benzene rings is 2. The monoisotopic (exact) mass is 464 g/mol.